The summed E-state index contributed by atoms with van der Waals surface area (Å²) in [5.74, 6) is 5.72. The van der Waals surface area contributed by atoms with Crippen molar-refractivity contribution in [2.75, 3.05) is 5.32 Å². The Morgan fingerprint density at radius 2 is 2.18 bits per heavy atom. The molecule has 0 bridgehead atoms. The van der Waals surface area contributed by atoms with Crippen LogP contribution in [0.3, 0.4) is 0 Å². The fourth-order valence-corrected chi connectivity index (χ4v) is 3.01. The van der Waals surface area contributed by atoms with E-state index in [2.05, 4.69) is 10.2 Å². The predicted octanol–water partition coefficient (Wildman–Crippen LogP) is 1.76. The van der Waals surface area contributed by atoms with Gasteiger partial charge in [-0.15, -0.1) is 0 Å². The Labute approximate surface area is 137 Å². The van der Waals surface area contributed by atoms with Crippen LogP contribution in [0.1, 0.15) is 11.3 Å². The molecule has 118 valence electrons. The van der Waals surface area contributed by atoms with Crippen LogP contribution in [0.2, 0.25) is 5.02 Å². The number of halogens is 1. The van der Waals surface area contributed by atoms with Gasteiger partial charge in [-0.3, -0.25) is 0 Å². The number of anilines is 1. The summed E-state index contributed by atoms with van der Waals surface area (Å²) < 4.78 is 28.2. The Balaban J connectivity index is 2.43. The van der Waals surface area contributed by atoms with Gasteiger partial charge in [-0.25, -0.2) is 13.6 Å². The van der Waals surface area contributed by atoms with Crippen LogP contribution in [0.15, 0.2) is 39.8 Å². The molecular formula is C12H12ClN3O4S2. The molecule has 2 rings (SSSR count). The molecule has 0 radical (unpaired) electrons. The van der Waals surface area contributed by atoms with E-state index in [1.807, 2.05) is 0 Å². The van der Waals surface area contributed by atoms with Crippen molar-refractivity contribution in [3.05, 3.63) is 46.9 Å². The molecular weight excluding hydrogens is 350 g/mol. The Hall–Kier alpha value is -1.65. The normalized spacial score (nSPS) is 11.2. The van der Waals surface area contributed by atoms with E-state index >= 15 is 0 Å². The fraction of sp³-hybridized carbons (Fsp3) is 0.0833. The van der Waals surface area contributed by atoms with Crippen molar-refractivity contribution in [3.63, 3.8) is 0 Å². The molecule has 22 heavy (non-hydrogen) atoms. The van der Waals surface area contributed by atoms with Gasteiger partial charge in [0.25, 0.3) is 0 Å². The zero-order valence-corrected chi connectivity index (χ0v) is 13.5. The molecule has 1 heterocycles. The molecule has 7 nitrogen and oxygen atoms in total. The number of rotatable bonds is 5. The van der Waals surface area contributed by atoms with Crippen LogP contribution in [-0.2, 0) is 21.4 Å². The zero-order chi connectivity index (χ0) is 16.3. The minimum absolute atomic E-state index is 0.0481. The van der Waals surface area contributed by atoms with Crippen LogP contribution in [0.5, 0.6) is 0 Å². The summed E-state index contributed by atoms with van der Waals surface area (Å²) in [7, 11) is -4.01. The molecule has 0 spiro atoms. The first-order valence-corrected chi connectivity index (χ1v) is 8.20. The van der Waals surface area contributed by atoms with Crippen LogP contribution in [0, 0.1) is 0 Å². The molecule has 5 N–H and O–H groups in total. The molecule has 0 saturated heterocycles. The first-order valence-electron chi connectivity index (χ1n) is 5.86. The summed E-state index contributed by atoms with van der Waals surface area (Å²) in [5, 5.41) is 7.96. The number of hydrogen-bond acceptors (Lipinski definition) is 7. The van der Waals surface area contributed by atoms with Crippen molar-refractivity contribution in [2.45, 2.75) is 11.4 Å². The average Bonchev–Trinajstić information content (AvgIpc) is 2.96. The maximum atomic E-state index is 11.5. The molecule has 1 aromatic heterocycles. The predicted molar refractivity (Wildman–Crippen MR) is 85.8 cm³/mol. The minimum Gasteiger partial charge on any atom is -0.467 e. The zero-order valence-electron chi connectivity index (χ0n) is 11.1. The number of thiocarbonyl (C=S) groups is 1. The lowest BCUT2D eigenvalue weighted by atomic mass is 10.2. The molecule has 0 aliphatic carbocycles. The Morgan fingerprint density at radius 1 is 1.45 bits per heavy atom. The van der Waals surface area contributed by atoms with Gasteiger partial charge in [0, 0.05) is 5.69 Å². The third-order valence-electron chi connectivity index (χ3n) is 2.74. The highest BCUT2D eigenvalue weighted by molar-refractivity contribution is 7.89. The van der Waals surface area contributed by atoms with Crippen LogP contribution in [0.4, 0.5) is 5.69 Å². The second-order valence-electron chi connectivity index (χ2n) is 4.21. The molecule has 10 heteroatoms. The molecule has 0 aliphatic rings. The van der Waals surface area contributed by atoms with Crippen molar-refractivity contribution < 1.29 is 17.7 Å². The van der Waals surface area contributed by atoms with Gasteiger partial charge in [0.05, 0.1) is 23.4 Å². The summed E-state index contributed by atoms with van der Waals surface area (Å²) in [6, 6.07) is 6.09. The van der Waals surface area contributed by atoms with E-state index < -0.39 is 10.0 Å². The van der Waals surface area contributed by atoms with Gasteiger partial charge < -0.3 is 14.6 Å². The lowest BCUT2D eigenvalue weighted by Gasteiger charge is -2.13. The monoisotopic (exact) mass is 361 g/mol. The van der Waals surface area contributed by atoms with Gasteiger partial charge in [0.2, 0.25) is 15.1 Å². The van der Waals surface area contributed by atoms with Gasteiger partial charge in [0.15, 0.2) is 0 Å². The Bertz CT molecular complexity index is 791. The minimum atomic E-state index is -4.01. The number of sulfonamides is 1. The standard InChI is InChI=1S/C12H12ClN3O4S2/c13-9-5-10(16-6-7-2-1-3-19-7)8(12(21)20-14)4-11(9)22(15,17)18/h1-5,16H,6,14H2,(H2,15,17,18). The quantitative estimate of drug-likeness (QED) is 0.548. The summed E-state index contributed by atoms with van der Waals surface area (Å²) in [5.41, 5.74) is 0.682. The molecule has 0 atom stereocenters. The SMILES string of the molecule is NOC(=S)c1cc(S(N)(=O)=O)c(Cl)cc1NCc1ccco1. The van der Waals surface area contributed by atoms with Gasteiger partial charge >= 0.3 is 0 Å². The van der Waals surface area contributed by atoms with E-state index in [1.54, 1.807) is 12.1 Å². The van der Waals surface area contributed by atoms with E-state index in [9.17, 15) is 8.42 Å². The van der Waals surface area contributed by atoms with E-state index in [-0.39, 0.29) is 20.5 Å². The third kappa shape index (κ3) is 3.76. The number of nitrogens with two attached hydrogens (primary N) is 2. The van der Waals surface area contributed by atoms with Crippen LogP contribution < -0.4 is 16.4 Å². The van der Waals surface area contributed by atoms with Crippen molar-refractivity contribution in [2.24, 2.45) is 11.0 Å². The van der Waals surface area contributed by atoms with Gasteiger partial charge in [-0.2, -0.15) is 5.90 Å². The highest BCUT2D eigenvalue weighted by Crippen LogP contribution is 2.29. The third-order valence-corrected chi connectivity index (χ3v) is 4.43. The number of nitrogens with one attached hydrogen (secondary N) is 1. The molecule has 0 aliphatic heterocycles. The molecule has 2 aromatic rings. The summed E-state index contributed by atoms with van der Waals surface area (Å²) in [6.45, 7) is 0.332. The first kappa shape index (κ1) is 16.7. The largest absolute Gasteiger partial charge is 0.467 e. The number of hydrogen-bond donors (Lipinski definition) is 3. The Morgan fingerprint density at radius 3 is 2.73 bits per heavy atom. The van der Waals surface area contributed by atoms with Gasteiger partial charge in [0.1, 0.15) is 10.7 Å². The van der Waals surface area contributed by atoms with Crippen molar-refractivity contribution in [3.8, 4) is 0 Å². The average molecular weight is 362 g/mol. The maximum absolute atomic E-state index is 11.5. The first-order chi connectivity index (χ1) is 10.3. The highest BCUT2D eigenvalue weighted by Gasteiger charge is 2.19. The van der Waals surface area contributed by atoms with Gasteiger partial charge in [-0.05, 0) is 36.5 Å². The molecule has 0 saturated carbocycles. The smallest absolute Gasteiger partial charge is 0.239 e. The number of benzene rings is 1. The van der Waals surface area contributed by atoms with Gasteiger partial charge in [-0.1, -0.05) is 11.6 Å². The topological polar surface area (TPSA) is 121 Å². The number of furan rings is 1. The molecule has 0 fully saturated rings. The lowest BCUT2D eigenvalue weighted by Crippen LogP contribution is -2.17. The summed E-state index contributed by atoms with van der Waals surface area (Å²) in [6.07, 6.45) is 1.53. The summed E-state index contributed by atoms with van der Waals surface area (Å²) in [4.78, 5) is 4.24. The molecule has 1 aromatic carbocycles. The van der Waals surface area contributed by atoms with Crippen molar-refractivity contribution >= 4 is 44.6 Å². The second-order valence-corrected chi connectivity index (χ2v) is 6.52. The van der Waals surface area contributed by atoms with Crippen molar-refractivity contribution in [1.82, 2.24) is 0 Å². The summed E-state index contributed by atoms with van der Waals surface area (Å²) >= 11 is 10.9. The fourth-order valence-electron chi connectivity index (χ4n) is 1.75. The van der Waals surface area contributed by atoms with Crippen LogP contribution in [0.25, 0.3) is 0 Å². The lowest BCUT2D eigenvalue weighted by molar-refractivity contribution is 0.331. The van der Waals surface area contributed by atoms with Crippen molar-refractivity contribution in [1.29, 1.82) is 0 Å². The Kier molecular flexibility index (Phi) is 5.04. The highest BCUT2D eigenvalue weighted by atomic mass is 35.5. The van der Waals surface area contributed by atoms with E-state index in [4.69, 9.17) is 39.3 Å². The maximum Gasteiger partial charge on any atom is 0.239 e. The molecule has 0 amide bonds. The van der Waals surface area contributed by atoms with Crippen LogP contribution >= 0.6 is 23.8 Å². The van der Waals surface area contributed by atoms with E-state index in [0.29, 0.717) is 18.0 Å². The van der Waals surface area contributed by atoms with Crippen LogP contribution in [-0.4, -0.2) is 13.5 Å². The van der Waals surface area contributed by atoms with E-state index in [1.165, 1.54) is 18.4 Å². The second kappa shape index (κ2) is 6.63. The number of primary sulfonamides is 1. The molecule has 0 unspecified atom stereocenters. The van der Waals surface area contributed by atoms with E-state index in [0.717, 1.165) is 0 Å².